The third kappa shape index (κ3) is 6.78. The van der Waals surface area contributed by atoms with E-state index in [1.54, 1.807) is 13.8 Å². The lowest BCUT2D eigenvalue weighted by Crippen LogP contribution is -2.51. The topological polar surface area (TPSA) is 117 Å². The maximum absolute atomic E-state index is 13.7. The minimum absolute atomic E-state index is 0.103. The van der Waals surface area contributed by atoms with E-state index < -0.39 is 71.9 Å². The number of carbonyl (C=O) groups excluding carboxylic acids is 3. The molecule has 0 saturated carbocycles. The zero-order valence-corrected chi connectivity index (χ0v) is 18.5. The Balaban J connectivity index is 2.03. The van der Waals surface area contributed by atoms with Crippen LogP contribution in [0.4, 0.5) is 26.7 Å². The second-order valence-corrected chi connectivity index (χ2v) is 8.35. The quantitative estimate of drug-likeness (QED) is 0.225. The summed E-state index contributed by atoms with van der Waals surface area (Å²) in [5, 5.41) is 16.9. The van der Waals surface area contributed by atoms with Gasteiger partial charge in [-0.1, -0.05) is 13.8 Å². The summed E-state index contributed by atoms with van der Waals surface area (Å²) in [7, 11) is 0. The molecule has 3 amide bonds. The van der Waals surface area contributed by atoms with Crippen molar-refractivity contribution in [3.8, 4) is 0 Å². The van der Waals surface area contributed by atoms with E-state index in [0.29, 0.717) is 13.0 Å². The highest BCUT2D eigenvalue weighted by molar-refractivity contribution is 5.86. The zero-order valence-electron chi connectivity index (χ0n) is 18.5. The van der Waals surface area contributed by atoms with E-state index >= 15 is 0 Å². The molecule has 0 aromatic heterocycles. The number of aliphatic hydroxyl groups excluding tert-OH is 1. The number of alkyl carbamates (subject to hydrolysis) is 1. The minimum Gasteiger partial charge on any atom is -0.444 e. The van der Waals surface area contributed by atoms with Crippen molar-refractivity contribution in [2.24, 2.45) is 11.8 Å². The number of amides is 3. The molecule has 3 atom stereocenters. The molecule has 1 fully saturated rings. The minimum atomic E-state index is -2.34. The molecule has 0 unspecified atom stereocenters. The highest BCUT2D eigenvalue weighted by Gasteiger charge is 2.31. The van der Waals surface area contributed by atoms with Crippen molar-refractivity contribution in [1.82, 2.24) is 16.0 Å². The summed E-state index contributed by atoms with van der Waals surface area (Å²) in [5.74, 6) is -12.4. The van der Waals surface area contributed by atoms with Crippen LogP contribution in [-0.4, -0.2) is 48.2 Å². The molecule has 1 heterocycles. The number of ether oxygens (including phenoxy) is 1. The molecule has 1 aromatic carbocycles. The summed E-state index contributed by atoms with van der Waals surface area (Å²) in [4.78, 5) is 36.6. The Bertz CT molecular complexity index is 902. The monoisotopic (exact) mass is 495 g/mol. The third-order valence-corrected chi connectivity index (χ3v) is 5.26. The highest BCUT2D eigenvalue weighted by atomic mass is 19.2. The Morgan fingerprint density at radius 2 is 1.65 bits per heavy atom. The molecule has 13 heteroatoms. The number of nitrogens with one attached hydrogen (secondary N) is 3. The lowest BCUT2D eigenvalue weighted by Gasteiger charge is -2.24. The van der Waals surface area contributed by atoms with Crippen LogP contribution in [0.2, 0.25) is 0 Å². The van der Waals surface area contributed by atoms with Crippen molar-refractivity contribution < 1.29 is 46.2 Å². The first-order chi connectivity index (χ1) is 16.0. The van der Waals surface area contributed by atoms with E-state index in [1.165, 1.54) is 0 Å². The third-order valence-electron chi connectivity index (χ3n) is 5.26. The van der Waals surface area contributed by atoms with Gasteiger partial charge in [-0.25, -0.2) is 26.7 Å². The second kappa shape index (κ2) is 12.0. The maximum atomic E-state index is 13.7. The number of aliphatic hydroxyl groups is 1. The molecule has 1 saturated heterocycles. The predicted molar refractivity (Wildman–Crippen MR) is 108 cm³/mol. The molecule has 4 N–H and O–H groups in total. The zero-order chi connectivity index (χ0) is 25.6. The molecule has 1 aromatic rings. The smallest absolute Gasteiger partial charge is 0.408 e. The Kier molecular flexibility index (Phi) is 9.59. The van der Waals surface area contributed by atoms with Crippen molar-refractivity contribution in [1.29, 1.82) is 0 Å². The van der Waals surface area contributed by atoms with Gasteiger partial charge in [0.15, 0.2) is 23.3 Å². The molecule has 34 heavy (non-hydrogen) atoms. The van der Waals surface area contributed by atoms with Gasteiger partial charge in [0.05, 0.1) is 18.2 Å². The van der Waals surface area contributed by atoms with E-state index in [0.717, 1.165) is 0 Å². The van der Waals surface area contributed by atoms with Gasteiger partial charge in [0.1, 0.15) is 12.6 Å². The van der Waals surface area contributed by atoms with Crippen LogP contribution in [0.15, 0.2) is 0 Å². The largest absolute Gasteiger partial charge is 0.444 e. The summed E-state index contributed by atoms with van der Waals surface area (Å²) >= 11 is 0. The standard InChI is InChI=1S/C21H26F5N3O5/c1-9(2)5-13(20(32)28-11(7-30)6-10-3-4-27-19(10)31)29-21(33)34-8-12-14(22)16(24)18(26)17(25)15(12)23/h9-11,13,30H,3-8H2,1-2H3,(H,27,31)(H,28,32)(H,29,33)/t10-,11-,13-/m0/s1. The van der Waals surface area contributed by atoms with Gasteiger partial charge in [0.25, 0.3) is 0 Å². The van der Waals surface area contributed by atoms with E-state index in [1.807, 2.05) is 0 Å². The Morgan fingerprint density at radius 1 is 1.06 bits per heavy atom. The number of hydrogen-bond donors (Lipinski definition) is 4. The Labute approximate surface area is 192 Å². The molecule has 190 valence electrons. The first-order valence-electron chi connectivity index (χ1n) is 10.6. The fourth-order valence-electron chi connectivity index (χ4n) is 3.50. The van der Waals surface area contributed by atoms with Gasteiger partial charge >= 0.3 is 6.09 Å². The fraction of sp³-hybridized carbons (Fsp3) is 0.571. The lowest BCUT2D eigenvalue weighted by molar-refractivity contribution is -0.126. The van der Waals surface area contributed by atoms with Gasteiger partial charge < -0.3 is 25.8 Å². The van der Waals surface area contributed by atoms with E-state index in [4.69, 9.17) is 0 Å². The van der Waals surface area contributed by atoms with Crippen molar-refractivity contribution in [2.45, 2.75) is 51.8 Å². The number of rotatable bonds is 10. The van der Waals surface area contributed by atoms with E-state index in [9.17, 15) is 41.4 Å². The van der Waals surface area contributed by atoms with Crippen molar-refractivity contribution >= 4 is 17.9 Å². The number of carbonyl (C=O) groups is 3. The SMILES string of the molecule is CC(C)C[C@H](NC(=O)OCc1c(F)c(F)c(F)c(F)c1F)C(=O)N[C@H](CO)C[C@@H]1CCNC1=O. The van der Waals surface area contributed by atoms with Crippen LogP contribution >= 0.6 is 0 Å². The van der Waals surface area contributed by atoms with E-state index in [2.05, 4.69) is 20.7 Å². The fourth-order valence-corrected chi connectivity index (χ4v) is 3.50. The van der Waals surface area contributed by atoms with Gasteiger partial charge in [-0.2, -0.15) is 0 Å². The van der Waals surface area contributed by atoms with Crippen LogP contribution < -0.4 is 16.0 Å². The lowest BCUT2D eigenvalue weighted by atomic mass is 9.97. The summed E-state index contributed by atoms with van der Waals surface area (Å²) in [6.07, 6.45) is -0.512. The molecular weight excluding hydrogens is 469 g/mol. The van der Waals surface area contributed by atoms with Gasteiger partial charge in [0.2, 0.25) is 17.6 Å². The number of hydrogen-bond acceptors (Lipinski definition) is 5. The maximum Gasteiger partial charge on any atom is 0.408 e. The normalized spacial score (nSPS) is 17.3. The first-order valence-corrected chi connectivity index (χ1v) is 10.6. The van der Waals surface area contributed by atoms with Crippen molar-refractivity contribution in [2.75, 3.05) is 13.2 Å². The summed E-state index contributed by atoms with van der Waals surface area (Å²) < 4.78 is 71.8. The van der Waals surface area contributed by atoms with Gasteiger partial charge in [-0.05, 0) is 25.2 Å². The second-order valence-electron chi connectivity index (χ2n) is 8.35. The Hall–Kier alpha value is -2.96. The average molecular weight is 495 g/mol. The van der Waals surface area contributed by atoms with Crippen LogP contribution in [0.3, 0.4) is 0 Å². The molecule has 2 rings (SSSR count). The molecular formula is C21H26F5N3O5. The van der Waals surface area contributed by atoms with Gasteiger partial charge in [-0.3, -0.25) is 9.59 Å². The van der Waals surface area contributed by atoms with Gasteiger partial charge in [0, 0.05) is 12.5 Å². The molecule has 0 bridgehead atoms. The molecule has 0 radical (unpaired) electrons. The van der Waals surface area contributed by atoms with Crippen LogP contribution in [0, 0.1) is 40.9 Å². The first kappa shape index (κ1) is 27.3. The van der Waals surface area contributed by atoms with Crippen LogP contribution in [0.25, 0.3) is 0 Å². The van der Waals surface area contributed by atoms with Crippen LogP contribution in [-0.2, 0) is 20.9 Å². The molecule has 0 aliphatic carbocycles. The summed E-state index contributed by atoms with van der Waals surface area (Å²) in [6, 6.07) is -1.97. The highest BCUT2D eigenvalue weighted by Crippen LogP contribution is 2.23. The van der Waals surface area contributed by atoms with Crippen LogP contribution in [0.1, 0.15) is 38.7 Å². The Morgan fingerprint density at radius 3 is 2.15 bits per heavy atom. The molecule has 0 spiro atoms. The molecule has 1 aliphatic rings. The van der Waals surface area contributed by atoms with Crippen molar-refractivity contribution in [3.05, 3.63) is 34.6 Å². The predicted octanol–water partition coefficient (Wildman–Crippen LogP) is 2.03. The number of halogens is 5. The van der Waals surface area contributed by atoms with Crippen LogP contribution in [0.5, 0.6) is 0 Å². The summed E-state index contributed by atoms with van der Waals surface area (Å²) in [6.45, 7) is 2.24. The van der Waals surface area contributed by atoms with Gasteiger partial charge in [-0.15, -0.1) is 0 Å². The average Bonchev–Trinajstić information content (AvgIpc) is 3.19. The number of benzene rings is 1. The van der Waals surface area contributed by atoms with Crippen molar-refractivity contribution in [3.63, 3.8) is 0 Å². The summed E-state index contributed by atoms with van der Waals surface area (Å²) in [5.41, 5.74) is -1.34. The molecule has 1 aliphatic heterocycles. The van der Waals surface area contributed by atoms with E-state index in [-0.39, 0.29) is 30.6 Å². The molecule has 8 nitrogen and oxygen atoms in total.